The van der Waals surface area contributed by atoms with Crippen molar-refractivity contribution in [2.45, 2.75) is 32.4 Å². The molecular formula is C23H25BrClN3O2. The van der Waals surface area contributed by atoms with Crippen LogP contribution in [0.15, 0.2) is 36.5 Å². The number of benzene rings is 1. The van der Waals surface area contributed by atoms with Crippen molar-refractivity contribution in [2.75, 3.05) is 26.2 Å². The van der Waals surface area contributed by atoms with E-state index >= 15 is 0 Å². The molecule has 1 aromatic heterocycles. The van der Waals surface area contributed by atoms with Gasteiger partial charge in [-0.2, -0.15) is 0 Å². The summed E-state index contributed by atoms with van der Waals surface area (Å²) in [6, 6.07) is 10.0. The number of hydrogen-bond acceptors (Lipinski definition) is 4. The molecule has 30 heavy (non-hydrogen) atoms. The van der Waals surface area contributed by atoms with Crippen LogP contribution in [0.2, 0.25) is 5.02 Å². The number of carbonyl (C=O) groups excluding carboxylic acids is 1. The molecule has 1 aliphatic carbocycles. The lowest BCUT2D eigenvalue weighted by atomic mass is 9.96. The first-order chi connectivity index (χ1) is 14.2. The summed E-state index contributed by atoms with van der Waals surface area (Å²) in [5.74, 6) is 0. The summed E-state index contributed by atoms with van der Waals surface area (Å²) in [4.78, 5) is 21.4. The zero-order valence-electron chi connectivity index (χ0n) is 17.4. The number of pyridine rings is 1. The van der Waals surface area contributed by atoms with Crippen LogP contribution >= 0.6 is 27.5 Å². The molecule has 0 saturated carbocycles. The smallest absolute Gasteiger partial charge is 0.410 e. The van der Waals surface area contributed by atoms with Gasteiger partial charge in [-0.25, -0.2) is 4.79 Å². The lowest BCUT2D eigenvalue weighted by molar-refractivity contribution is 0.0118. The van der Waals surface area contributed by atoms with Crippen LogP contribution in [0, 0.1) is 0 Å². The minimum Gasteiger partial charge on any atom is -0.444 e. The largest absolute Gasteiger partial charge is 0.444 e. The molecule has 2 aromatic rings. The van der Waals surface area contributed by atoms with E-state index < -0.39 is 5.60 Å². The molecule has 5 nitrogen and oxygen atoms in total. The van der Waals surface area contributed by atoms with E-state index in [0.717, 1.165) is 40.0 Å². The molecule has 0 N–H and O–H groups in total. The molecule has 2 heterocycles. The van der Waals surface area contributed by atoms with Crippen molar-refractivity contribution in [2.24, 2.45) is 0 Å². The van der Waals surface area contributed by atoms with Crippen molar-refractivity contribution >= 4 is 44.2 Å². The Morgan fingerprint density at radius 1 is 1.20 bits per heavy atom. The maximum absolute atomic E-state index is 12.5. The van der Waals surface area contributed by atoms with Crippen LogP contribution in [0.3, 0.4) is 0 Å². The van der Waals surface area contributed by atoms with Gasteiger partial charge in [-0.3, -0.25) is 9.88 Å². The number of nitrogens with zero attached hydrogens (tertiary/aromatic N) is 3. The Kier molecular flexibility index (Phi) is 5.93. The number of carbonyl (C=O) groups is 1. The van der Waals surface area contributed by atoms with Gasteiger partial charge < -0.3 is 9.64 Å². The van der Waals surface area contributed by atoms with Gasteiger partial charge in [-0.1, -0.05) is 39.7 Å². The maximum atomic E-state index is 12.5. The highest BCUT2D eigenvalue weighted by molar-refractivity contribution is 9.15. The first kappa shape index (κ1) is 21.3. The fraction of sp³-hybridized carbons (Fsp3) is 0.391. The number of aromatic nitrogens is 1. The average molecular weight is 491 g/mol. The predicted molar refractivity (Wildman–Crippen MR) is 124 cm³/mol. The van der Waals surface area contributed by atoms with E-state index in [1.54, 1.807) is 4.90 Å². The first-order valence-corrected chi connectivity index (χ1v) is 11.2. The van der Waals surface area contributed by atoms with Gasteiger partial charge in [0.15, 0.2) is 0 Å². The van der Waals surface area contributed by atoms with E-state index in [9.17, 15) is 4.79 Å². The molecule has 0 bridgehead atoms. The summed E-state index contributed by atoms with van der Waals surface area (Å²) in [6.07, 6.45) is 3.69. The van der Waals surface area contributed by atoms with Crippen LogP contribution in [-0.2, 0) is 4.74 Å². The second-order valence-corrected chi connectivity index (χ2v) is 9.90. The molecule has 1 fully saturated rings. The monoisotopic (exact) mass is 489 g/mol. The topological polar surface area (TPSA) is 45.7 Å². The van der Waals surface area contributed by atoms with Crippen molar-refractivity contribution in [3.05, 3.63) is 63.9 Å². The third-order valence-electron chi connectivity index (χ3n) is 5.31. The summed E-state index contributed by atoms with van der Waals surface area (Å²) in [5.41, 5.74) is 3.83. The van der Waals surface area contributed by atoms with Crippen molar-refractivity contribution in [1.29, 1.82) is 0 Å². The van der Waals surface area contributed by atoms with Gasteiger partial charge in [0, 0.05) is 41.9 Å². The Balaban J connectivity index is 1.64. The second-order valence-electron chi connectivity index (χ2n) is 8.61. The van der Waals surface area contributed by atoms with E-state index in [4.69, 9.17) is 21.3 Å². The molecular weight excluding hydrogens is 466 g/mol. The van der Waals surface area contributed by atoms with E-state index in [1.165, 1.54) is 0 Å². The van der Waals surface area contributed by atoms with Gasteiger partial charge in [-0.05, 0) is 61.7 Å². The summed E-state index contributed by atoms with van der Waals surface area (Å²) in [6.45, 7) is 8.38. The van der Waals surface area contributed by atoms with Crippen LogP contribution in [0.25, 0.3) is 10.6 Å². The molecule has 0 spiro atoms. The van der Waals surface area contributed by atoms with Gasteiger partial charge >= 0.3 is 6.09 Å². The molecule has 1 aromatic carbocycles. The quantitative estimate of drug-likeness (QED) is 0.523. The standard InChI is InChI=1S/C23H25BrClN3O2/c1-23(2,3)30-22(29)28-11-9-27(10-12-28)21-17-7-6-16(25)14-18(17)19(24)13-15-5-4-8-26-20(15)21/h4-8,13-14,21H,9-12H2,1-3H3. The Morgan fingerprint density at radius 3 is 2.63 bits per heavy atom. The molecule has 1 aliphatic heterocycles. The molecule has 0 radical (unpaired) electrons. The van der Waals surface area contributed by atoms with Gasteiger partial charge in [0.25, 0.3) is 0 Å². The average Bonchev–Trinajstić information content (AvgIpc) is 2.81. The molecule has 158 valence electrons. The third kappa shape index (κ3) is 4.41. The van der Waals surface area contributed by atoms with E-state index in [0.29, 0.717) is 18.1 Å². The van der Waals surface area contributed by atoms with Crippen LogP contribution in [-0.4, -0.2) is 52.7 Å². The van der Waals surface area contributed by atoms with Crippen LogP contribution in [0.4, 0.5) is 4.79 Å². The SMILES string of the molecule is CC(C)(C)OC(=O)N1CCN(C2c3ccc(Cl)cc3C(Br)=Cc3cccnc32)CC1. The second kappa shape index (κ2) is 8.33. The summed E-state index contributed by atoms with van der Waals surface area (Å²) < 4.78 is 6.53. The van der Waals surface area contributed by atoms with Crippen molar-refractivity contribution in [3.63, 3.8) is 0 Å². The zero-order chi connectivity index (χ0) is 21.5. The van der Waals surface area contributed by atoms with Crippen LogP contribution < -0.4 is 0 Å². The minimum absolute atomic E-state index is 0.0134. The molecule has 2 aliphatic rings. The molecule has 1 atom stereocenters. The molecule has 7 heteroatoms. The fourth-order valence-corrected chi connectivity index (χ4v) is 4.74. The highest BCUT2D eigenvalue weighted by Gasteiger charge is 2.34. The summed E-state index contributed by atoms with van der Waals surface area (Å²) >= 11 is 10.0. The molecule has 1 unspecified atom stereocenters. The minimum atomic E-state index is -0.492. The highest BCUT2D eigenvalue weighted by Crippen LogP contribution is 2.42. The Hall–Kier alpha value is -1.89. The molecule has 1 amide bonds. The van der Waals surface area contributed by atoms with Crippen LogP contribution in [0.5, 0.6) is 0 Å². The Morgan fingerprint density at radius 2 is 1.93 bits per heavy atom. The maximum Gasteiger partial charge on any atom is 0.410 e. The normalized spacial score (nSPS) is 19.4. The number of ether oxygens (including phenoxy) is 1. The van der Waals surface area contributed by atoms with Crippen LogP contribution in [0.1, 0.15) is 49.2 Å². The number of halogens is 2. The van der Waals surface area contributed by atoms with Gasteiger partial charge in [0.2, 0.25) is 0 Å². The third-order valence-corrected chi connectivity index (χ3v) is 6.20. The molecule has 4 rings (SSSR count). The molecule has 1 saturated heterocycles. The van der Waals surface area contributed by atoms with Crippen molar-refractivity contribution < 1.29 is 9.53 Å². The lowest BCUT2D eigenvalue weighted by Gasteiger charge is -2.40. The summed E-state index contributed by atoms with van der Waals surface area (Å²) in [5, 5.41) is 0.700. The van der Waals surface area contributed by atoms with Gasteiger partial charge in [0.05, 0.1) is 11.7 Å². The lowest BCUT2D eigenvalue weighted by Crippen LogP contribution is -2.51. The van der Waals surface area contributed by atoms with Crippen molar-refractivity contribution in [3.8, 4) is 0 Å². The van der Waals surface area contributed by atoms with Gasteiger partial charge in [0.1, 0.15) is 5.60 Å². The first-order valence-electron chi connectivity index (χ1n) is 10.1. The fourth-order valence-electron chi connectivity index (χ4n) is 3.97. The number of hydrogen-bond donors (Lipinski definition) is 0. The number of amides is 1. The predicted octanol–water partition coefficient (Wildman–Crippen LogP) is 5.58. The summed E-state index contributed by atoms with van der Waals surface area (Å²) in [7, 11) is 0. The number of piperazine rings is 1. The Labute approximate surface area is 190 Å². The Bertz CT molecular complexity index is 994. The van der Waals surface area contributed by atoms with Crippen molar-refractivity contribution in [1.82, 2.24) is 14.8 Å². The highest BCUT2D eigenvalue weighted by atomic mass is 79.9. The zero-order valence-corrected chi connectivity index (χ0v) is 19.7. The van der Waals surface area contributed by atoms with E-state index in [1.807, 2.05) is 45.2 Å². The van der Waals surface area contributed by atoms with E-state index in [-0.39, 0.29) is 12.1 Å². The number of fused-ring (bicyclic) bond motifs is 2. The van der Waals surface area contributed by atoms with Gasteiger partial charge in [-0.15, -0.1) is 0 Å². The number of rotatable bonds is 1. The van der Waals surface area contributed by atoms with E-state index in [2.05, 4.69) is 39.0 Å².